The zero-order valence-corrected chi connectivity index (χ0v) is 10.2. The molecule has 0 aliphatic carbocycles. The van der Waals surface area contributed by atoms with Gasteiger partial charge < -0.3 is 10.5 Å². The van der Waals surface area contributed by atoms with E-state index in [4.69, 9.17) is 10.5 Å². The largest absolute Gasteiger partial charge is 0.376 e. The highest BCUT2D eigenvalue weighted by Gasteiger charge is 2.22. The average molecular weight is 270 g/mol. The van der Waals surface area contributed by atoms with Crippen molar-refractivity contribution >= 4 is 15.9 Å². The van der Waals surface area contributed by atoms with Gasteiger partial charge in [-0.25, -0.2) is 0 Å². The molecule has 0 saturated carbocycles. The molecule has 2 nitrogen and oxygen atoms in total. The molecule has 15 heavy (non-hydrogen) atoms. The predicted molar refractivity (Wildman–Crippen MR) is 64.7 cm³/mol. The molecule has 2 unspecified atom stereocenters. The van der Waals surface area contributed by atoms with Crippen LogP contribution in [0.2, 0.25) is 0 Å². The minimum Gasteiger partial charge on any atom is -0.376 e. The summed E-state index contributed by atoms with van der Waals surface area (Å²) in [5.41, 5.74) is 7.34. The number of nitrogens with two attached hydrogens (primary N) is 1. The molecular formula is C12H16BrNO. The number of rotatable bonds is 2. The lowest BCUT2D eigenvalue weighted by Gasteiger charge is -2.28. The van der Waals surface area contributed by atoms with Gasteiger partial charge in [-0.05, 0) is 37.0 Å². The minimum absolute atomic E-state index is 0.0124. The van der Waals surface area contributed by atoms with Gasteiger partial charge in [-0.2, -0.15) is 0 Å². The molecule has 0 amide bonds. The zero-order valence-electron chi connectivity index (χ0n) is 8.66. The smallest absolute Gasteiger partial charge is 0.0767 e. The molecule has 1 saturated heterocycles. The van der Waals surface area contributed by atoms with E-state index in [2.05, 4.69) is 28.1 Å². The maximum Gasteiger partial charge on any atom is 0.0767 e. The van der Waals surface area contributed by atoms with Crippen molar-refractivity contribution in [2.45, 2.75) is 31.4 Å². The molecule has 0 aromatic heterocycles. The normalized spacial score (nSPS) is 23.7. The fraction of sp³-hybridized carbons (Fsp3) is 0.500. The van der Waals surface area contributed by atoms with E-state index >= 15 is 0 Å². The SMILES string of the molecule is NC(c1ccc(Br)cc1)C1CCCCO1. The van der Waals surface area contributed by atoms with Gasteiger partial charge in [0.15, 0.2) is 0 Å². The summed E-state index contributed by atoms with van der Waals surface area (Å²) in [4.78, 5) is 0. The molecule has 1 aromatic carbocycles. The van der Waals surface area contributed by atoms with E-state index in [1.54, 1.807) is 0 Å². The Balaban J connectivity index is 2.05. The third-order valence-corrected chi connectivity index (χ3v) is 3.40. The summed E-state index contributed by atoms with van der Waals surface area (Å²) in [7, 11) is 0. The lowest BCUT2D eigenvalue weighted by atomic mass is 9.97. The molecule has 0 bridgehead atoms. The van der Waals surface area contributed by atoms with Crippen LogP contribution >= 0.6 is 15.9 Å². The maximum absolute atomic E-state index is 6.18. The van der Waals surface area contributed by atoms with Gasteiger partial charge in [0.05, 0.1) is 12.1 Å². The van der Waals surface area contributed by atoms with Crippen molar-refractivity contribution in [3.63, 3.8) is 0 Å². The standard InChI is InChI=1S/C12H16BrNO/c13-10-6-4-9(5-7-10)12(14)11-3-1-2-8-15-11/h4-7,11-12H,1-3,8,14H2. The summed E-state index contributed by atoms with van der Waals surface area (Å²) in [6.07, 6.45) is 3.68. The molecule has 2 atom stereocenters. The van der Waals surface area contributed by atoms with Gasteiger partial charge in [-0.15, -0.1) is 0 Å². The third kappa shape index (κ3) is 2.80. The molecule has 1 heterocycles. The molecule has 1 aliphatic rings. The Morgan fingerprint density at radius 2 is 2.00 bits per heavy atom. The molecule has 2 N–H and O–H groups in total. The second-order valence-corrected chi connectivity index (χ2v) is 4.90. The van der Waals surface area contributed by atoms with Crippen molar-refractivity contribution in [2.24, 2.45) is 5.73 Å². The first-order valence-electron chi connectivity index (χ1n) is 5.40. The first-order chi connectivity index (χ1) is 7.27. The summed E-state index contributed by atoms with van der Waals surface area (Å²) >= 11 is 3.42. The highest BCUT2D eigenvalue weighted by Crippen LogP contribution is 2.25. The third-order valence-electron chi connectivity index (χ3n) is 2.87. The molecule has 82 valence electrons. The zero-order chi connectivity index (χ0) is 10.7. The molecule has 2 rings (SSSR count). The number of halogens is 1. The van der Waals surface area contributed by atoms with Crippen molar-refractivity contribution in [2.75, 3.05) is 6.61 Å². The van der Waals surface area contributed by atoms with Crippen LogP contribution < -0.4 is 5.73 Å². The van der Waals surface area contributed by atoms with Crippen molar-refractivity contribution in [3.05, 3.63) is 34.3 Å². The van der Waals surface area contributed by atoms with Gasteiger partial charge in [0.1, 0.15) is 0 Å². The molecule has 3 heteroatoms. The maximum atomic E-state index is 6.18. The second-order valence-electron chi connectivity index (χ2n) is 3.98. The van der Waals surface area contributed by atoms with E-state index in [-0.39, 0.29) is 12.1 Å². The Bertz CT molecular complexity index is 306. The van der Waals surface area contributed by atoms with Crippen LogP contribution in [0.4, 0.5) is 0 Å². The quantitative estimate of drug-likeness (QED) is 0.896. The van der Waals surface area contributed by atoms with Gasteiger partial charge in [-0.3, -0.25) is 0 Å². The Labute approximate surface area is 98.9 Å². The van der Waals surface area contributed by atoms with Gasteiger partial charge in [0.25, 0.3) is 0 Å². The van der Waals surface area contributed by atoms with Crippen molar-refractivity contribution in [3.8, 4) is 0 Å². The fourth-order valence-electron chi connectivity index (χ4n) is 1.95. The highest BCUT2D eigenvalue weighted by atomic mass is 79.9. The molecule has 1 aromatic rings. The monoisotopic (exact) mass is 269 g/mol. The summed E-state index contributed by atoms with van der Waals surface area (Å²) in [5, 5.41) is 0. The van der Waals surface area contributed by atoms with Crippen molar-refractivity contribution in [1.82, 2.24) is 0 Å². The van der Waals surface area contributed by atoms with Gasteiger partial charge >= 0.3 is 0 Å². The van der Waals surface area contributed by atoms with E-state index < -0.39 is 0 Å². The molecule has 1 fully saturated rings. The topological polar surface area (TPSA) is 35.2 Å². The first-order valence-corrected chi connectivity index (χ1v) is 6.19. The van der Waals surface area contributed by atoms with Crippen LogP contribution in [-0.2, 0) is 4.74 Å². The molecule has 0 spiro atoms. The number of benzene rings is 1. The second kappa shape index (κ2) is 5.10. The number of ether oxygens (including phenoxy) is 1. The summed E-state index contributed by atoms with van der Waals surface area (Å²) < 4.78 is 6.77. The van der Waals surface area contributed by atoms with E-state index in [1.165, 1.54) is 12.8 Å². The summed E-state index contributed by atoms with van der Waals surface area (Å²) in [6.45, 7) is 0.856. The first kappa shape index (κ1) is 11.1. The number of hydrogen-bond donors (Lipinski definition) is 1. The van der Waals surface area contributed by atoms with Crippen LogP contribution in [0.3, 0.4) is 0 Å². The van der Waals surface area contributed by atoms with Gasteiger partial charge in [0.2, 0.25) is 0 Å². The van der Waals surface area contributed by atoms with E-state index in [1.807, 2.05) is 12.1 Å². The van der Waals surface area contributed by atoms with Gasteiger partial charge in [0, 0.05) is 11.1 Å². The Morgan fingerprint density at radius 1 is 1.27 bits per heavy atom. The molecular weight excluding hydrogens is 254 g/mol. The van der Waals surface area contributed by atoms with Crippen LogP contribution in [0.5, 0.6) is 0 Å². The Morgan fingerprint density at radius 3 is 2.60 bits per heavy atom. The van der Waals surface area contributed by atoms with Crippen LogP contribution in [0.1, 0.15) is 30.9 Å². The minimum atomic E-state index is 0.0124. The molecule has 0 radical (unpaired) electrons. The molecule has 1 aliphatic heterocycles. The van der Waals surface area contributed by atoms with Crippen LogP contribution in [0.15, 0.2) is 28.7 Å². The van der Waals surface area contributed by atoms with E-state index in [0.717, 1.165) is 23.1 Å². The summed E-state index contributed by atoms with van der Waals surface area (Å²) in [6, 6.07) is 8.19. The van der Waals surface area contributed by atoms with Crippen molar-refractivity contribution in [1.29, 1.82) is 0 Å². The number of hydrogen-bond acceptors (Lipinski definition) is 2. The van der Waals surface area contributed by atoms with Crippen LogP contribution in [0, 0.1) is 0 Å². The van der Waals surface area contributed by atoms with Crippen LogP contribution in [-0.4, -0.2) is 12.7 Å². The van der Waals surface area contributed by atoms with Crippen LogP contribution in [0.25, 0.3) is 0 Å². The van der Waals surface area contributed by atoms with Crippen molar-refractivity contribution < 1.29 is 4.74 Å². The average Bonchev–Trinajstić information content (AvgIpc) is 2.30. The van der Waals surface area contributed by atoms with E-state index in [9.17, 15) is 0 Å². The predicted octanol–water partition coefficient (Wildman–Crippen LogP) is 3.02. The Hall–Kier alpha value is -0.380. The lowest BCUT2D eigenvalue weighted by molar-refractivity contribution is 0.0000118. The van der Waals surface area contributed by atoms with Gasteiger partial charge in [-0.1, -0.05) is 28.1 Å². The summed E-state index contributed by atoms with van der Waals surface area (Å²) in [5.74, 6) is 0. The fourth-order valence-corrected chi connectivity index (χ4v) is 2.21. The highest BCUT2D eigenvalue weighted by molar-refractivity contribution is 9.10. The van der Waals surface area contributed by atoms with E-state index in [0.29, 0.717) is 0 Å². The Kier molecular flexibility index (Phi) is 3.78. The lowest BCUT2D eigenvalue weighted by Crippen LogP contribution is -2.31.